The number of rotatable bonds is 42. The van der Waals surface area contributed by atoms with E-state index in [-0.39, 0.29) is 12.8 Å². The lowest BCUT2D eigenvalue weighted by atomic mass is 10.1. The third kappa shape index (κ3) is 40.9. The van der Waals surface area contributed by atoms with E-state index in [1.54, 1.807) is 18.2 Å². The summed E-state index contributed by atoms with van der Waals surface area (Å²) in [5.41, 5.74) is 5.33. The van der Waals surface area contributed by atoms with Gasteiger partial charge in [0.25, 0.3) is 0 Å². The summed E-state index contributed by atoms with van der Waals surface area (Å²) in [6.07, 6.45) is 43.2. The third-order valence-corrected chi connectivity index (χ3v) is 10.6. The van der Waals surface area contributed by atoms with Gasteiger partial charge in [-0.2, -0.15) is 0 Å². The van der Waals surface area contributed by atoms with Crippen LogP contribution in [0.5, 0.6) is 0 Å². The van der Waals surface area contributed by atoms with E-state index in [4.69, 9.17) is 24.8 Å². The molecule has 62 heavy (non-hydrogen) atoms. The fraction of sp³-hybridized carbons (Fsp3) is 0.688. The van der Waals surface area contributed by atoms with Gasteiger partial charge in [-0.1, -0.05) is 164 Å². The van der Waals surface area contributed by atoms with Crippen molar-refractivity contribution < 1.29 is 57.7 Å². The van der Waals surface area contributed by atoms with Crippen molar-refractivity contribution >= 4 is 25.7 Å². The van der Waals surface area contributed by atoms with Crippen LogP contribution in [0.3, 0.4) is 0 Å². The van der Waals surface area contributed by atoms with Gasteiger partial charge in [0, 0.05) is 12.8 Å². The fourth-order valence-corrected chi connectivity index (χ4v) is 6.67. The van der Waals surface area contributed by atoms with E-state index >= 15 is 0 Å². The van der Waals surface area contributed by atoms with Crippen molar-refractivity contribution in [2.24, 2.45) is 5.73 Å². The van der Waals surface area contributed by atoms with E-state index < -0.39 is 69.9 Å². The molecule has 0 saturated heterocycles. The molecule has 1 unspecified atom stereocenters. The van der Waals surface area contributed by atoms with Crippen LogP contribution in [-0.2, 0) is 37.5 Å². The van der Waals surface area contributed by atoms with Crippen molar-refractivity contribution in [3.8, 4) is 0 Å². The first kappa shape index (κ1) is 58.8. The number of aliphatic carboxylic acids is 1. The van der Waals surface area contributed by atoms with Gasteiger partial charge in [0.1, 0.15) is 12.6 Å². The predicted molar refractivity (Wildman–Crippen MR) is 247 cm³/mol. The summed E-state index contributed by atoms with van der Waals surface area (Å²) < 4.78 is 32.6. The van der Waals surface area contributed by atoms with E-state index in [1.807, 2.05) is 30.4 Å². The Morgan fingerprint density at radius 1 is 0.581 bits per heavy atom. The van der Waals surface area contributed by atoms with Crippen LogP contribution in [0.2, 0.25) is 0 Å². The topological polar surface area (TPSA) is 212 Å². The number of carboxylic acids is 1. The minimum absolute atomic E-state index is 0.0305. The SMILES string of the molecule is CCCCC/C=C\C/C=C\CCCCCCCCCCCC(=O)O[C@H](COC(=O)CCC[C@@H](O)/C=C/C=C\C/C=C\C=C\[C@@H](O)CCCCC)COP(=O)(O)OC[C@H](N)C(=O)O. The highest BCUT2D eigenvalue weighted by molar-refractivity contribution is 7.47. The average Bonchev–Trinajstić information content (AvgIpc) is 3.24. The summed E-state index contributed by atoms with van der Waals surface area (Å²) in [5, 5.41) is 29.1. The molecule has 0 aromatic rings. The molecule has 6 N–H and O–H groups in total. The maximum Gasteiger partial charge on any atom is 0.472 e. The zero-order valence-electron chi connectivity index (χ0n) is 37.9. The van der Waals surface area contributed by atoms with Crippen molar-refractivity contribution in [3.63, 3.8) is 0 Å². The maximum atomic E-state index is 12.7. The lowest BCUT2D eigenvalue weighted by Crippen LogP contribution is -2.34. The number of ether oxygens (including phenoxy) is 2. The zero-order chi connectivity index (χ0) is 45.9. The molecule has 0 spiro atoms. The van der Waals surface area contributed by atoms with Gasteiger partial charge < -0.3 is 35.4 Å². The molecule has 0 aliphatic heterocycles. The molecule has 0 bridgehead atoms. The summed E-state index contributed by atoms with van der Waals surface area (Å²) in [6.45, 7) is 2.44. The Morgan fingerprint density at radius 2 is 1.06 bits per heavy atom. The number of phosphoric acid groups is 1. The molecule has 13 nitrogen and oxygen atoms in total. The molecule has 0 aromatic heterocycles. The number of nitrogens with two attached hydrogens (primary N) is 1. The molecule has 0 aliphatic carbocycles. The number of aliphatic hydroxyl groups excluding tert-OH is 2. The number of hydrogen-bond acceptors (Lipinski definition) is 11. The Labute approximate surface area is 373 Å². The molecule has 0 saturated carbocycles. The highest BCUT2D eigenvalue weighted by Crippen LogP contribution is 2.43. The maximum absolute atomic E-state index is 12.7. The average molecular weight is 896 g/mol. The number of aliphatic hydroxyl groups is 2. The lowest BCUT2D eigenvalue weighted by molar-refractivity contribution is -0.161. The molecule has 0 aromatic carbocycles. The van der Waals surface area contributed by atoms with Gasteiger partial charge in [0.15, 0.2) is 6.10 Å². The Morgan fingerprint density at radius 3 is 1.65 bits per heavy atom. The van der Waals surface area contributed by atoms with Gasteiger partial charge in [0.2, 0.25) is 0 Å². The van der Waals surface area contributed by atoms with Crippen molar-refractivity contribution in [2.45, 2.75) is 192 Å². The molecule has 0 radical (unpaired) electrons. The van der Waals surface area contributed by atoms with Crippen LogP contribution in [0, 0.1) is 0 Å². The van der Waals surface area contributed by atoms with Gasteiger partial charge >= 0.3 is 25.7 Å². The number of carbonyl (C=O) groups is 3. The van der Waals surface area contributed by atoms with Crippen molar-refractivity contribution in [1.82, 2.24) is 0 Å². The van der Waals surface area contributed by atoms with Gasteiger partial charge in [-0.3, -0.25) is 23.4 Å². The smallest absolute Gasteiger partial charge is 0.472 e. The van der Waals surface area contributed by atoms with Crippen molar-refractivity contribution in [2.75, 3.05) is 19.8 Å². The monoisotopic (exact) mass is 896 g/mol. The van der Waals surface area contributed by atoms with E-state index in [1.165, 1.54) is 51.4 Å². The summed E-state index contributed by atoms with van der Waals surface area (Å²) in [4.78, 5) is 46.1. The molecule has 14 heteroatoms. The number of phosphoric ester groups is 1. The quantitative estimate of drug-likeness (QED) is 0.0127. The number of esters is 2. The second-order valence-corrected chi connectivity index (χ2v) is 17.0. The molecular weight excluding hydrogens is 813 g/mol. The Kier molecular flexibility index (Phi) is 39.7. The summed E-state index contributed by atoms with van der Waals surface area (Å²) in [6, 6.07) is -1.56. The van der Waals surface area contributed by atoms with Crippen molar-refractivity contribution in [1.29, 1.82) is 0 Å². The number of carbonyl (C=O) groups excluding carboxylic acids is 2. The van der Waals surface area contributed by atoms with Crippen molar-refractivity contribution in [3.05, 3.63) is 72.9 Å². The van der Waals surface area contributed by atoms with E-state index in [0.29, 0.717) is 25.7 Å². The lowest BCUT2D eigenvalue weighted by Gasteiger charge is -2.20. The Balaban J connectivity index is 4.55. The Bertz CT molecular complexity index is 1360. The number of carboxylic acid groups (broad SMARTS) is 1. The van der Waals surface area contributed by atoms with Gasteiger partial charge in [-0.05, 0) is 64.2 Å². The zero-order valence-corrected chi connectivity index (χ0v) is 38.8. The van der Waals surface area contributed by atoms with Crippen LogP contribution in [0.25, 0.3) is 0 Å². The van der Waals surface area contributed by atoms with Gasteiger partial charge in [-0.15, -0.1) is 0 Å². The highest BCUT2D eigenvalue weighted by Gasteiger charge is 2.28. The molecule has 356 valence electrons. The van der Waals surface area contributed by atoms with Crippen LogP contribution in [0.15, 0.2) is 72.9 Å². The second kappa shape index (κ2) is 41.8. The van der Waals surface area contributed by atoms with Crippen LogP contribution < -0.4 is 5.73 Å². The molecular formula is C48H82NO12P. The summed E-state index contributed by atoms with van der Waals surface area (Å²) >= 11 is 0. The van der Waals surface area contributed by atoms with E-state index in [0.717, 1.165) is 64.2 Å². The predicted octanol–water partition coefficient (Wildman–Crippen LogP) is 10.4. The third-order valence-electron chi connectivity index (χ3n) is 9.64. The summed E-state index contributed by atoms with van der Waals surface area (Å²) in [5.74, 6) is -2.65. The van der Waals surface area contributed by atoms with Crippen LogP contribution in [0.1, 0.15) is 168 Å². The Hall–Kier alpha value is -3.16. The standard InChI is InChI=1S/C48H82NO12P/c1-3-5-7-8-9-10-11-12-13-14-15-16-17-18-19-20-24-27-31-37-47(53)61-44(40-59-62(56,57)60-41-45(49)48(54)55)39-58-46(52)38-32-36-43(51)35-30-26-23-21-22-25-29-34-42(50)33-28-6-4-2/h9-10,12-13,22-23,25-26,29-30,34-35,42-45,50-51H,3-8,11,14-21,24,27-28,31-33,36-41,49H2,1-2H3,(H,54,55)(H,56,57)/b10-9-,13-12-,25-22-,26-23-,34-29+,35-30+/t42-,43-,44+,45-/m0/s1. The normalized spacial score (nSPS) is 15.3. The minimum atomic E-state index is -4.78. The second-order valence-electron chi connectivity index (χ2n) is 15.6. The first-order chi connectivity index (χ1) is 29.9. The molecule has 0 amide bonds. The first-order valence-corrected chi connectivity index (χ1v) is 24.7. The summed E-state index contributed by atoms with van der Waals surface area (Å²) in [7, 11) is -4.78. The molecule has 0 heterocycles. The van der Waals surface area contributed by atoms with Crippen LogP contribution in [-0.4, -0.2) is 82.3 Å². The minimum Gasteiger partial charge on any atom is -0.480 e. The largest absolute Gasteiger partial charge is 0.480 e. The van der Waals surface area contributed by atoms with Crippen LogP contribution in [0.4, 0.5) is 0 Å². The van der Waals surface area contributed by atoms with E-state index in [9.17, 15) is 34.1 Å². The first-order valence-electron chi connectivity index (χ1n) is 23.2. The fourth-order valence-electron chi connectivity index (χ4n) is 5.90. The molecule has 0 aliphatic rings. The number of hydrogen-bond donors (Lipinski definition) is 5. The number of unbranched alkanes of at least 4 members (excludes halogenated alkanes) is 14. The number of allylic oxidation sites excluding steroid dienone is 10. The van der Waals surface area contributed by atoms with Crippen LogP contribution >= 0.6 is 7.82 Å². The molecule has 0 rings (SSSR count). The van der Waals surface area contributed by atoms with Gasteiger partial charge in [-0.25, -0.2) is 4.57 Å². The van der Waals surface area contributed by atoms with Gasteiger partial charge in [0.05, 0.1) is 25.4 Å². The molecule has 0 fully saturated rings. The molecule has 5 atom stereocenters. The van der Waals surface area contributed by atoms with E-state index in [2.05, 4.69) is 42.7 Å². The highest BCUT2D eigenvalue weighted by atomic mass is 31.2.